The van der Waals surface area contributed by atoms with Gasteiger partial charge in [0.15, 0.2) is 0 Å². The molecular weight excluding hydrogens is 430 g/mol. The number of carbonyl (C=O) groups excluding carboxylic acids is 2. The van der Waals surface area contributed by atoms with Crippen molar-refractivity contribution < 1.29 is 14.2 Å². The zero-order chi connectivity index (χ0) is 23.8. The van der Waals surface area contributed by atoms with E-state index in [1.54, 1.807) is 13.2 Å². The van der Waals surface area contributed by atoms with Crippen LogP contribution in [0.4, 0.5) is 10.7 Å². The molecule has 1 aromatic carbocycles. The molecule has 3 amide bonds. The third-order valence-corrected chi connectivity index (χ3v) is 6.87. The highest BCUT2D eigenvalue weighted by molar-refractivity contribution is 6.20. The van der Waals surface area contributed by atoms with Gasteiger partial charge in [-0.2, -0.15) is 0 Å². The Morgan fingerprint density at radius 2 is 1.85 bits per heavy atom. The summed E-state index contributed by atoms with van der Waals surface area (Å²) in [7, 11) is 1.71. The van der Waals surface area contributed by atoms with Gasteiger partial charge in [-0.05, 0) is 38.7 Å². The Bertz CT molecular complexity index is 1240. The summed E-state index contributed by atoms with van der Waals surface area (Å²) in [6.45, 7) is 6.09. The highest BCUT2D eigenvalue weighted by Gasteiger charge is 2.53. The summed E-state index contributed by atoms with van der Waals surface area (Å²) < 4.78 is 6.20. The Hall–Kier alpha value is -3.75. The van der Waals surface area contributed by atoms with Crippen molar-refractivity contribution in [2.24, 2.45) is 4.99 Å². The molecule has 0 aliphatic carbocycles. The van der Waals surface area contributed by atoms with E-state index in [1.165, 1.54) is 15.4 Å². The molecule has 0 N–H and O–H groups in total. The lowest BCUT2D eigenvalue weighted by Gasteiger charge is -2.33. The van der Waals surface area contributed by atoms with Gasteiger partial charge >= 0.3 is 12.0 Å². The summed E-state index contributed by atoms with van der Waals surface area (Å²) in [4.78, 5) is 38.4. The predicted octanol–water partition coefficient (Wildman–Crippen LogP) is 2.79. The molecule has 2 aliphatic rings. The minimum absolute atomic E-state index is 0.197. The van der Waals surface area contributed by atoms with Gasteiger partial charge in [-0.3, -0.25) is 14.6 Å². The molecule has 9 heteroatoms. The number of amides is 3. The number of imide groups is 1. The number of aliphatic imine (C=N–C) groups is 1. The molecule has 0 bridgehead atoms. The Kier molecular flexibility index (Phi) is 5.77. The van der Waals surface area contributed by atoms with Crippen LogP contribution in [0.5, 0.6) is 0 Å². The van der Waals surface area contributed by atoms with Crippen molar-refractivity contribution in [3.05, 3.63) is 66.0 Å². The lowest BCUT2D eigenvalue weighted by molar-refractivity contribution is -0.689. The molecule has 176 valence electrons. The van der Waals surface area contributed by atoms with Gasteiger partial charge in [0.2, 0.25) is 11.9 Å². The number of urea groups is 1. The summed E-state index contributed by atoms with van der Waals surface area (Å²) in [6, 6.07) is 9.23. The van der Waals surface area contributed by atoms with Crippen LogP contribution in [0.3, 0.4) is 0 Å². The third kappa shape index (κ3) is 3.70. The van der Waals surface area contributed by atoms with Crippen LogP contribution < -0.4 is 4.57 Å². The number of hydrogen-bond donors (Lipinski definition) is 0. The van der Waals surface area contributed by atoms with Crippen LogP contribution in [0.2, 0.25) is 0 Å². The van der Waals surface area contributed by atoms with Crippen molar-refractivity contribution in [2.45, 2.75) is 52.2 Å². The first kappa shape index (κ1) is 22.1. The highest BCUT2D eigenvalue weighted by atomic mass is 16.2. The molecule has 1 saturated heterocycles. The van der Waals surface area contributed by atoms with Crippen molar-refractivity contribution in [2.75, 3.05) is 13.6 Å². The Morgan fingerprint density at radius 1 is 1.06 bits per heavy atom. The average molecular weight is 461 g/mol. The van der Waals surface area contributed by atoms with E-state index in [1.807, 2.05) is 46.8 Å². The quantitative estimate of drug-likeness (QED) is 0.485. The van der Waals surface area contributed by atoms with Gasteiger partial charge in [-0.1, -0.05) is 35.3 Å². The molecule has 0 saturated carbocycles. The molecule has 1 fully saturated rings. The van der Waals surface area contributed by atoms with E-state index in [2.05, 4.69) is 28.6 Å². The van der Waals surface area contributed by atoms with E-state index >= 15 is 0 Å². The number of imidazole rings is 2. The predicted molar refractivity (Wildman–Crippen MR) is 127 cm³/mol. The maximum absolute atomic E-state index is 13.6. The van der Waals surface area contributed by atoms with Crippen LogP contribution in [-0.4, -0.2) is 55.3 Å². The molecule has 34 heavy (non-hydrogen) atoms. The van der Waals surface area contributed by atoms with Gasteiger partial charge in [-0.15, -0.1) is 0 Å². The summed E-state index contributed by atoms with van der Waals surface area (Å²) in [5.41, 5.74) is 3.29. The number of rotatable bonds is 8. The number of nitrogens with zero attached hydrogens (tertiary/aromatic N) is 7. The van der Waals surface area contributed by atoms with E-state index in [0.29, 0.717) is 12.4 Å². The SMILES string of the molecule is Cc1c(C)[n+](CCCn2ccnc2)c2n1C1C(=O)N(CCCc3ccccc3)C(=O)N(C)C1=N2. The number of amidine groups is 1. The van der Waals surface area contributed by atoms with Gasteiger partial charge in [0, 0.05) is 32.5 Å². The van der Waals surface area contributed by atoms with Gasteiger partial charge in [-0.25, -0.2) is 18.9 Å². The Labute approximate surface area is 199 Å². The molecule has 0 radical (unpaired) electrons. The van der Waals surface area contributed by atoms with Gasteiger partial charge < -0.3 is 4.57 Å². The summed E-state index contributed by atoms with van der Waals surface area (Å²) in [6.07, 6.45) is 7.98. The zero-order valence-corrected chi connectivity index (χ0v) is 19.9. The highest BCUT2D eigenvalue weighted by Crippen LogP contribution is 2.35. The van der Waals surface area contributed by atoms with E-state index in [-0.39, 0.29) is 11.9 Å². The molecule has 1 atom stereocenters. The van der Waals surface area contributed by atoms with Crippen LogP contribution in [-0.2, 0) is 24.3 Å². The summed E-state index contributed by atoms with van der Waals surface area (Å²) in [5, 5.41) is 0. The molecule has 0 spiro atoms. The van der Waals surface area contributed by atoms with E-state index in [4.69, 9.17) is 4.99 Å². The fraction of sp³-hybridized carbons (Fsp3) is 0.400. The van der Waals surface area contributed by atoms with Crippen LogP contribution in [0, 0.1) is 13.8 Å². The molecule has 2 aliphatic heterocycles. The normalized spacial score (nSPS) is 17.3. The van der Waals surface area contributed by atoms with Crippen molar-refractivity contribution in [3.63, 3.8) is 0 Å². The second-order valence-electron chi connectivity index (χ2n) is 8.94. The number of aromatic nitrogens is 4. The fourth-order valence-electron chi connectivity index (χ4n) is 4.89. The largest absolute Gasteiger partial charge is 0.402 e. The molecular formula is C25H30N7O2+. The second kappa shape index (κ2) is 8.89. The van der Waals surface area contributed by atoms with Gasteiger partial charge in [0.1, 0.15) is 11.4 Å². The number of fused-ring (bicyclic) bond motifs is 3. The van der Waals surface area contributed by atoms with Crippen molar-refractivity contribution >= 4 is 23.7 Å². The topological polar surface area (TPSA) is 79.6 Å². The molecule has 1 unspecified atom stereocenters. The summed E-state index contributed by atoms with van der Waals surface area (Å²) in [5.74, 6) is 1.05. The smallest absolute Gasteiger partial charge is 0.337 e. The lowest BCUT2D eigenvalue weighted by atomic mass is 10.1. The first-order valence-electron chi connectivity index (χ1n) is 11.8. The van der Waals surface area contributed by atoms with Crippen molar-refractivity contribution in [3.8, 4) is 0 Å². The fourth-order valence-corrected chi connectivity index (χ4v) is 4.89. The lowest BCUT2D eigenvalue weighted by Crippen LogP contribution is -2.57. The average Bonchev–Trinajstić information content (AvgIpc) is 3.55. The molecule has 5 rings (SSSR count). The van der Waals surface area contributed by atoms with Crippen molar-refractivity contribution in [1.82, 2.24) is 23.9 Å². The monoisotopic (exact) mass is 460 g/mol. The number of benzene rings is 1. The molecule has 3 aromatic rings. The van der Waals surface area contributed by atoms with E-state index in [9.17, 15) is 9.59 Å². The number of aryl methyl sites for hydroxylation is 2. The first-order chi connectivity index (χ1) is 16.5. The number of carbonyl (C=O) groups is 2. The van der Waals surface area contributed by atoms with Crippen LogP contribution >= 0.6 is 0 Å². The van der Waals surface area contributed by atoms with E-state index < -0.39 is 6.04 Å². The molecule has 4 heterocycles. The van der Waals surface area contributed by atoms with Crippen LogP contribution in [0.15, 0.2) is 54.0 Å². The van der Waals surface area contributed by atoms with Gasteiger partial charge in [0.25, 0.3) is 5.91 Å². The van der Waals surface area contributed by atoms with Crippen LogP contribution in [0.1, 0.15) is 35.8 Å². The third-order valence-electron chi connectivity index (χ3n) is 6.87. The maximum Gasteiger partial charge on any atom is 0.402 e. The maximum atomic E-state index is 13.6. The van der Waals surface area contributed by atoms with Crippen LogP contribution in [0.25, 0.3) is 0 Å². The minimum atomic E-state index is -0.594. The Balaban J connectivity index is 1.36. The standard InChI is InChI=1S/C25H30N7O2/c1-18-19(2)32-21-22(27-24(32)30(18)15-8-13-29-16-12-26-17-29)28(3)25(34)31(23(21)33)14-7-11-20-9-5-4-6-10-20/h4-6,9-10,12,16-17,21H,7-8,11,13-15H2,1-3H3/q+1. The summed E-state index contributed by atoms with van der Waals surface area (Å²) >= 11 is 0. The second-order valence-corrected chi connectivity index (χ2v) is 8.94. The first-order valence-corrected chi connectivity index (χ1v) is 11.8. The molecule has 9 nitrogen and oxygen atoms in total. The number of hydrogen-bond acceptors (Lipinski definition) is 4. The number of likely N-dealkylation sites (N-methyl/N-ethyl adjacent to an activating group) is 1. The minimum Gasteiger partial charge on any atom is -0.337 e. The molecule has 2 aromatic heterocycles. The van der Waals surface area contributed by atoms with E-state index in [0.717, 1.165) is 49.7 Å². The zero-order valence-electron chi connectivity index (χ0n) is 19.9. The van der Waals surface area contributed by atoms with Crippen molar-refractivity contribution in [1.29, 1.82) is 0 Å². The Morgan fingerprint density at radius 3 is 2.59 bits per heavy atom. The van der Waals surface area contributed by atoms with Gasteiger partial charge in [0.05, 0.1) is 12.9 Å².